The van der Waals surface area contributed by atoms with E-state index in [0.717, 1.165) is 24.2 Å². The Bertz CT molecular complexity index is 890. The van der Waals surface area contributed by atoms with Crippen molar-refractivity contribution >= 4 is 29.2 Å². The molecule has 1 atom stereocenters. The van der Waals surface area contributed by atoms with Crippen LogP contribution in [0.15, 0.2) is 53.5 Å². The van der Waals surface area contributed by atoms with Crippen LogP contribution in [0.4, 0.5) is 10.1 Å². The van der Waals surface area contributed by atoms with E-state index in [2.05, 4.69) is 20.5 Å². The summed E-state index contributed by atoms with van der Waals surface area (Å²) in [5.74, 6) is 0.136. The highest BCUT2D eigenvalue weighted by Crippen LogP contribution is 2.25. The van der Waals surface area contributed by atoms with Crippen molar-refractivity contribution < 1.29 is 9.18 Å². The molecular formula is C22H27ClFN5O. The van der Waals surface area contributed by atoms with E-state index >= 15 is 0 Å². The molecule has 1 saturated heterocycles. The molecule has 1 heterocycles. The van der Waals surface area contributed by atoms with Gasteiger partial charge in [-0.15, -0.1) is 0 Å². The van der Waals surface area contributed by atoms with Gasteiger partial charge in [0.25, 0.3) is 0 Å². The van der Waals surface area contributed by atoms with Crippen LogP contribution in [0.5, 0.6) is 0 Å². The monoisotopic (exact) mass is 431 g/mol. The molecule has 2 aromatic carbocycles. The topological polar surface area (TPSA) is 60.0 Å². The van der Waals surface area contributed by atoms with Crippen molar-refractivity contribution in [3.8, 4) is 0 Å². The SMILES string of the molecule is CN(C)C(=O)CNC(=NCc1ccccc1)NC1CCN(c2ccc(Cl)c(F)c2)C1. The minimum Gasteiger partial charge on any atom is -0.369 e. The summed E-state index contributed by atoms with van der Waals surface area (Å²) in [5.41, 5.74) is 1.89. The van der Waals surface area contributed by atoms with Crippen LogP contribution in [0.2, 0.25) is 5.02 Å². The Kier molecular flexibility index (Phi) is 7.52. The Balaban J connectivity index is 1.64. The van der Waals surface area contributed by atoms with E-state index in [1.807, 2.05) is 36.4 Å². The van der Waals surface area contributed by atoms with Crippen molar-refractivity contribution in [1.82, 2.24) is 15.5 Å². The van der Waals surface area contributed by atoms with Gasteiger partial charge >= 0.3 is 0 Å². The fraction of sp³-hybridized carbons (Fsp3) is 0.364. The predicted molar refractivity (Wildman–Crippen MR) is 119 cm³/mol. The lowest BCUT2D eigenvalue weighted by Gasteiger charge is -2.21. The molecule has 0 bridgehead atoms. The van der Waals surface area contributed by atoms with Gasteiger partial charge in [0, 0.05) is 38.9 Å². The lowest BCUT2D eigenvalue weighted by molar-refractivity contribution is -0.127. The number of carbonyl (C=O) groups is 1. The molecule has 2 N–H and O–H groups in total. The number of hydrogen-bond donors (Lipinski definition) is 2. The first kappa shape index (κ1) is 21.9. The van der Waals surface area contributed by atoms with E-state index in [-0.39, 0.29) is 23.5 Å². The highest BCUT2D eigenvalue weighted by molar-refractivity contribution is 6.30. The number of nitrogens with one attached hydrogen (secondary N) is 2. The number of carbonyl (C=O) groups excluding carboxylic acids is 1. The smallest absolute Gasteiger partial charge is 0.241 e. The molecule has 1 fully saturated rings. The van der Waals surface area contributed by atoms with Crippen molar-refractivity contribution in [2.45, 2.75) is 19.0 Å². The number of rotatable bonds is 6. The molecule has 1 amide bonds. The maximum atomic E-state index is 13.8. The van der Waals surface area contributed by atoms with Gasteiger partial charge in [-0.05, 0) is 30.2 Å². The number of amides is 1. The zero-order chi connectivity index (χ0) is 21.5. The van der Waals surface area contributed by atoms with Crippen LogP contribution < -0.4 is 15.5 Å². The molecule has 1 aliphatic heterocycles. The number of halogens is 2. The second-order valence-corrected chi connectivity index (χ2v) is 7.87. The molecule has 3 rings (SSSR count). The lowest BCUT2D eigenvalue weighted by Crippen LogP contribution is -2.47. The third-order valence-electron chi connectivity index (χ3n) is 4.97. The van der Waals surface area contributed by atoms with Gasteiger partial charge in [-0.25, -0.2) is 9.38 Å². The van der Waals surface area contributed by atoms with Crippen LogP contribution >= 0.6 is 11.6 Å². The third-order valence-corrected chi connectivity index (χ3v) is 5.27. The van der Waals surface area contributed by atoms with Gasteiger partial charge in [-0.1, -0.05) is 41.9 Å². The number of nitrogens with zero attached hydrogens (tertiary/aromatic N) is 3. The number of likely N-dealkylation sites (N-methyl/N-ethyl adjacent to an activating group) is 1. The van der Waals surface area contributed by atoms with Gasteiger partial charge in [0.15, 0.2) is 5.96 Å². The maximum Gasteiger partial charge on any atom is 0.241 e. The second-order valence-electron chi connectivity index (χ2n) is 7.47. The summed E-state index contributed by atoms with van der Waals surface area (Å²) in [6.45, 7) is 2.16. The summed E-state index contributed by atoms with van der Waals surface area (Å²) in [4.78, 5) is 20.3. The first-order valence-electron chi connectivity index (χ1n) is 9.91. The molecule has 6 nitrogen and oxygen atoms in total. The van der Waals surface area contributed by atoms with Crippen LogP contribution in [0.3, 0.4) is 0 Å². The highest BCUT2D eigenvalue weighted by atomic mass is 35.5. The molecule has 0 radical (unpaired) electrons. The Morgan fingerprint density at radius 1 is 1.27 bits per heavy atom. The fourth-order valence-electron chi connectivity index (χ4n) is 3.21. The zero-order valence-electron chi connectivity index (χ0n) is 17.2. The molecular weight excluding hydrogens is 405 g/mol. The molecule has 0 spiro atoms. The average Bonchev–Trinajstić information content (AvgIpc) is 3.21. The van der Waals surface area contributed by atoms with Gasteiger partial charge in [-0.2, -0.15) is 0 Å². The van der Waals surface area contributed by atoms with Crippen molar-refractivity contribution in [2.75, 3.05) is 38.6 Å². The highest BCUT2D eigenvalue weighted by Gasteiger charge is 2.24. The summed E-state index contributed by atoms with van der Waals surface area (Å²) < 4.78 is 13.8. The van der Waals surface area contributed by atoms with Crippen LogP contribution in [0.1, 0.15) is 12.0 Å². The normalized spacial score (nSPS) is 16.5. The van der Waals surface area contributed by atoms with Crippen LogP contribution in [0.25, 0.3) is 0 Å². The van der Waals surface area contributed by atoms with Crippen molar-refractivity contribution in [2.24, 2.45) is 4.99 Å². The Hall–Kier alpha value is -2.80. The largest absolute Gasteiger partial charge is 0.369 e. The first-order valence-corrected chi connectivity index (χ1v) is 10.3. The van der Waals surface area contributed by atoms with Gasteiger partial charge in [-0.3, -0.25) is 4.79 Å². The molecule has 8 heteroatoms. The summed E-state index contributed by atoms with van der Waals surface area (Å²) in [6, 6.07) is 14.9. The van der Waals surface area contributed by atoms with Crippen LogP contribution in [0, 0.1) is 5.82 Å². The van der Waals surface area contributed by atoms with Gasteiger partial charge in [0.1, 0.15) is 5.82 Å². The van der Waals surface area contributed by atoms with E-state index in [9.17, 15) is 9.18 Å². The van der Waals surface area contributed by atoms with E-state index in [1.54, 1.807) is 20.2 Å². The molecule has 30 heavy (non-hydrogen) atoms. The summed E-state index contributed by atoms with van der Waals surface area (Å²) in [7, 11) is 3.44. The molecule has 160 valence electrons. The van der Waals surface area contributed by atoms with Crippen molar-refractivity contribution in [3.05, 3.63) is 64.9 Å². The molecule has 1 unspecified atom stereocenters. The average molecular weight is 432 g/mol. The second kappa shape index (κ2) is 10.3. The number of aliphatic imine (C=N–C) groups is 1. The number of anilines is 1. The molecule has 2 aromatic rings. The van der Waals surface area contributed by atoms with Crippen LogP contribution in [-0.4, -0.2) is 56.5 Å². The number of guanidine groups is 1. The Labute approximate surface area is 181 Å². The molecule has 1 aliphatic rings. The van der Waals surface area contributed by atoms with E-state index in [4.69, 9.17) is 11.6 Å². The Morgan fingerprint density at radius 3 is 2.73 bits per heavy atom. The van der Waals surface area contributed by atoms with E-state index < -0.39 is 5.82 Å². The van der Waals surface area contributed by atoms with Crippen molar-refractivity contribution in [3.63, 3.8) is 0 Å². The van der Waals surface area contributed by atoms with Gasteiger partial charge in [0.2, 0.25) is 5.91 Å². The lowest BCUT2D eigenvalue weighted by atomic mass is 10.2. The number of benzene rings is 2. The quantitative estimate of drug-likeness (QED) is 0.545. The molecule has 0 aliphatic carbocycles. The van der Waals surface area contributed by atoms with Crippen molar-refractivity contribution in [1.29, 1.82) is 0 Å². The minimum absolute atomic E-state index is 0.0334. The number of hydrogen-bond acceptors (Lipinski definition) is 3. The standard InChI is InChI=1S/C22H27ClFN5O/c1-28(2)21(30)14-26-22(25-13-16-6-4-3-5-7-16)27-17-10-11-29(15-17)18-8-9-19(23)20(24)12-18/h3-9,12,17H,10-11,13-15H2,1-2H3,(H2,25,26,27). The Morgan fingerprint density at radius 2 is 2.03 bits per heavy atom. The minimum atomic E-state index is -0.417. The third kappa shape index (κ3) is 6.10. The van der Waals surface area contributed by atoms with Gasteiger partial charge < -0.3 is 20.4 Å². The first-order chi connectivity index (χ1) is 14.4. The van der Waals surface area contributed by atoms with E-state index in [0.29, 0.717) is 19.0 Å². The van der Waals surface area contributed by atoms with E-state index in [1.165, 1.54) is 11.0 Å². The zero-order valence-corrected chi connectivity index (χ0v) is 18.0. The molecule has 0 aromatic heterocycles. The summed E-state index contributed by atoms with van der Waals surface area (Å²) >= 11 is 5.79. The maximum absolute atomic E-state index is 13.8. The fourth-order valence-corrected chi connectivity index (χ4v) is 3.33. The van der Waals surface area contributed by atoms with Crippen LogP contribution in [-0.2, 0) is 11.3 Å². The predicted octanol–water partition coefficient (Wildman–Crippen LogP) is 2.88. The molecule has 0 saturated carbocycles. The summed E-state index contributed by atoms with van der Waals surface area (Å²) in [6.07, 6.45) is 0.873. The summed E-state index contributed by atoms with van der Waals surface area (Å²) in [5, 5.41) is 6.66. The van der Waals surface area contributed by atoms with Gasteiger partial charge in [0.05, 0.1) is 18.1 Å².